The summed E-state index contributed by atoms with van der Waals surface area (Å²) in [5.74, 6) is 0.708. The summed E-state index contributed by atoms with van der Waals surface area (Å²) in [4.78, 5) is 10.0. The largest absolute Gasteiger partial charge is 0.285 e. The molecule has 0 spiro atoms. The number of halogens is 1. The molecule has 5 heteroatoms. The Bertz CT molecular complexity index is 1100. The van der Waals surface area contributed by atoms with Crippen molar-refractivity contribution in [1.29, 1.82) is 0 Å². The number of nitrogens with zero attached hydrogens (tertiary/aromatic N) is 3. The molecule has 0 aliphatic rings. The highest BCUT2D eigenvalue weighted by atomic mass is 35.5. The van der Waals surface area contributed by atoms with Crippen LogP contribution in [0.1, 0.15) is 5.56 Å². The predicted molar refractivity (Wildman–Crippen MR) is 108 cm³/mol. The molecule has 0 N–H and O–H groups in total. The van der Waals surface area contributed by atoms with E-state index < -0.39 is 0 Å². The lowest BCUT2D eigenvalue weighted by atomic mass is 10.1. The molecular weight excluding hydrogens is 362 g/mol. The van der Waals surface area contributed by atoms with Gasteiger partial charge < -0.3 is 0 Å². The van der Waals surface area contributed by atoms with Gasteiger partial charge in [-0.05, 0) is 54.4 Å². The van der Waals surface area contributed by atoms with Gasteiger partial charge in [-0.1, -0.05) is 41.9 Å². The molecule has 4 rings (SSSR count). The van der Waals surface area contributed by atoms with Gasteiger partial charge in [0.2, 0.25) is 0 Å². The van der Waals surface area contributed by atoms with E-state index in [0.717, 1.165) is 32.3 Å². The third-order valence-corrected chi connectivity index (χ3v) is 5.05. The SMILES string of the molecule is Cc1ccnc(N=c2scc(-c3ccc(Cl)cc3)n2-c2ccccc2)c1. The molecule has 4 aromatic rings. The highest BCUT2D eigenvalue weighted by molar-refractivity contribution is 7.07. The maximum Gasteiger partial charge on any atom is 0.196 e. The number of benzene rings is 2. The third kappa shape index (κ3) is 3.47. The van der Waals surface area contributed by atoms with Gasteiger partial charge in [-0.25, -0.2) is 9.98 Å². The second kappa shape index (κ2) is 7.28. The number of aromatic nitrogens is 2. The first kappa shape index (κ1) is 16.8. The van der Waals surface area contributed by atoms with Crippen LogP contribution < -0.4 is 4.80 Å². The van der Waals surface area contributed by atoms with Gasteiger partial charge in [0.15, 0.2) is 10.6 Å². The number of rotatable bonds is 3. The quantitative estimate of drug-likeness (QED) is 0.444. The normalized spacial score (nSPS) is 11.7. The van der Waals surface area contributed by atoms with Crippen LogP contribution in [0.15, 0.2) is 83.3 Å². The van der Waals surface area contributed by atoms with Crippen LogP contribution in [0.25, 0.3) is 16.9 Å². The van der Waals surface area contributed by atoms with Crippen LogP contribution in [0.5, 0.6) is 0 Å². The van der Waals surface area contributed by atoms with E-state index in [0.29, 0.717) is 5.82 Å². The minimum Gasteiger partial charge on any atom is -0.285 e. The topological polar surface area (TPSA) is 30.2 Å². The highest BCUT2D eigenvalue weighted by Crippen LogP contribution is 2.25. The molecule has 128 valence electrons. The standard InChI is InChI=1S/C21H16ClN3S/c1-15-11-12-23-20(13-15)24-21-25(18-5-3-2-4-6-18)19(14-26-21)16-7-9-17(22)10-8-16/h2-14H,1H3. The van der Waals surface area contributed by atoms with Gasteiger partial charge >= 0.3 is 0 Å². The summed E-state index contributed by atoms with van der Waals surface area (Å²) in [6.45, 7) is 2.04. The summed E-state index contributed by atoms with van der Waals surface area (Å²) >= 11 is 7.65. The molecule has 0 saturated heterocycles. The Labute approximate surface area is 160 Å². The van der Waals surface area contributed by atoms with Gasteiger partial charge in [0.05, 0.1) is 5.69 Å². The molecule has 0 saturated carbocycles. The average Bonchev–Trinajstić information content (AvgIpc) is 3.06. The van der Waals surface area contributed by atoms with Crippen molar-refractivity contribution in [2.24, 2.45) is 4.99 Å². The van der Waals surface area contributed by atoms with E-state index in [9.17, 15) is 0 Å². The fraction of sp³-hybridized carbons (Fsp3) is 0.0476. The molecule has 0 amide bonds. The van der Waals surface area contributed by atoms with Crippen LogP contribution in [-0.4, -0.2) is 9.55 Å². The van der Waals surface area contributed by atoms with Crippen molar-refractivity contribution in [3.05, 3.63) is 93.7 Å². The molecule has 0 aliphatic heterocycles. The Kier molecular flexibility index (Phi) is 4.69. The summed E-state index contributed by atoms with van der Waals surface area (Å²) in [6, 6.07) is 22.0. The average molecular weight is 378 g/mol. The number of hydrogen-bond acceptors (Lipinski definition) is 3. The molecule has 2 heterocycles. The molecule has 0 bridgehead atoms. The van der Waals surface area contributed by atoms with Crippen molar-refractivity contribution >= 4 is 28.8 Å². The molecular formula is C21H16ClN3S. The van der Waals surface area contributed by atoms with E-state index in [-0.39, 0.29) is 0 Å². The Morgan fingerprint density at radius 2 is 1.77 bits per heavy atom. The molecule has 0 aliphatic carbocycles. The fourth-order valence-electron chi connectivity index (χ4n) is 2.72. The smallest absolute Gasteiger partial charge is 0.196 e. The van der Waals surface area contributed by atoms with Crippen molar-refractivity contribution in [3.8, 4) is 16.9 Å². The third-order valence-electron chi connectivity index (χ3n) is 3.97. The number of aryl methyl sites for hydroxylation is 1. The second-order valence-corrected chi connectivity index (χ2v) is 7.16. The van der Waals surface area contributed by atoms with Crippen LogP contribution in [0.2, 0.25) is 5.02 Å². The Morgan fingerprint density at radius 1 is 1.00 bits per heavy atom. The lowest BCUT2D eigenvalue weighted by Gasteiger charge is -2.09. The summed E-state index contributed by atoms with van der Waals surface area (Å²) in [6.07, 6.45) is 1.79. The molecule has 0 atom stereocenters. The van der Waals surface area contributed by atoms with Crippen molar-refractivity contribution in [2.45, 2.75) is 6.92 Å². The summed E-state index contributed by atoms with van der Waals surface area (Å²) in [5, 5.41) is 2.84. The van der Waals surface area contributed by atoms with Gasteiger partial charge in [-0.2, -0.15) is 0 Å². The van der Waals surface area contributed by atoms with Crippen LogP contribution in [-0.2, 0) is 0 Å². The first-order valence-electron chi connectivity index (χ1n) is 8.20. The minimum atomic E-state index is 0.708. The predicted octanol–water partition coefficient (Wildman–Crippen LogP) is 5.80. The monoisotopic (exact) mass is 377 g/mol. The Balaban J connectivity index is 1.94. The van der Waals surface area contributed by atoms with Gasteiger partial charge in [-0.15, -0.1) is 11.3 Å². The highest BCUT2D eigenvalue weighted by Gasteiger charge is 2.10. The maximum absolute atomic E-state index is 6.05. The molecule has 0 radical (unpaired) electrons. The van der Waals surface area contributed by atoms with Crippen LogP contribution in [0.3, 0.4) is 0 Å². The number of para-hydroxylation sites is 1. The van der Waals surface area contributed by atoms with E-state index in [1.165, 1.54) is 0 Å². The molecule has 0 fully saturated rings. The molecule has 0 unspecified atom stereocenters. The summed E-state index contributed by atoms with van der Waals surface area (Å²) < 4.78 is 2.15. The lowest BCUT2D eigenvalue weighted by molar-refractivity contribution is 1.00. The second-order valence-electron chi connectivity index (χ2n) is 5.88. The van der Waals surface area contributed by atoms with Crippen LogP contribution >= 0.6 is 22.9 Å². The van der Waals surface area contributed by atoms with E-state index in [1.54, 1.807) is 17.5 Å². The first-order chi connectivity index (χ1) is 12.7. The van der Waals surface area contributed by atoms with Gasteiger partial charge in [0.25, 0.3) is 0 Å². The first-order valence-corrected chi connectivity index (χ1v) is 9.46. The zero-order valence-electron chi connectivity index (χ0n) is 14.1. The fourth-order valence-corrected chi connectivity index (χ4v) is 3.76. The van der Waals surface area contributed by atoms with Gasteiger partial charge in [-0.3, -0.25) is 4.57 Å². The van der Waals surface area contributed by atoms with Crippen LogP contribution in [0.4, 0.5) is 5.82 Å². The Morgan fingerprint density at radius 3 is 2.50 bits per heavy atom. The van der Waals surface area contributed by atoms with Gasteiger partial charge in [0.1, 0.15) is 0 Å². The zero-order chi connectivity index (χ0) is 17.9. The van der Waals surface area contributed by atoms with E-state index in [1.807, 2.05) is 61.5 Å². The summed E-state index contributed by atoms with van der Waals surface area (Å²) in [7, 11) is 0. The molecule has 26 heavy (non-hydrogen) atoms. The van der Waals surface area contributed by atoms with E-state index >= 15 is 0 Å². The van der Waals surface area contributed by atoms with Crippen molar-refractivity contribution < 1.29 is 0 Å². The maximum atomic E-state index is 6.05. The number of thiazole rings is 1. The van der Waals surface area contributed by atoms with Crippen molar-refractivity contribution in [1.82, 2.24) is 9.55 Å². The molecule has 2 aromatic carbocycles. The molecule has 3 nitrogen and oxygen atoms in total. The van der Waals surface area contributed by atoms with E-state index in [2.05, 4.69) is 27.1 Å². The Hall–Kier alpha value is -2.69. The number of hydrogen-bond donors (Lipinski definition) is 0. The molecule has 2 aromatic heterocycles. The van der Waals surface area contributed by atoms with Crippen LogP contribution in [0, 0.1) is 6.92 Å². The number of pyridine rings is 1. The van der Waals surface area contributed by atoms with Crippen molar-refractivity contribution in [2.75, 3.05) is 0 Å². The zero-order valence-corrected chi connectivity index (χ0v) is 15.7. The minimum absolute atomic E-state index is 0.708. The van der Waals surface area contributed by atoms with E-state index in [4.69, 9.17) is 16.6 Å². The van der Waals surface area contributed by atoms with Crippen molar-refractivity contribution in [3.63, 3.8) is 0 Å². The lowest BCUT2D eigenvalue weighted by Crippen LogP contribution is -2.13. The summed E-state index contributed by atoms with van der Waals surface area (Å²) in [5.41, 5.74) is 4.36. The van der Waals surface area contributed by atoms with Gasteiger partial charge in [0, 0.05) is 22.3 Å².